The van der Waals surface area contributed by atoms with Gasteiger partial charge in [-0.25, -0.2) is 0 Å². The summed E-state index contributed by atoms with van der Waals surface area (Å²) in [6, 6.07) is 0. The highest BCUT2D eigenvalue weighted by Crippen LogP contribution is 2.24. The van der Waals surface area contributed by atoms with E-state index in [0.717, 1.165) is 11.8 Å². The Bertz CT molecular complexity index is 160. The lowest BCUT2D eigenvalue weighted by Gasteiger charge is -2.19. The number of nitrogens with one attached hydrogen (secondary N) is 1. The van der Waals surface area contributed by atoms with Crippen LogP contribution in [0.4, 0.5) is 0 Å². The topological polar surface area (TPSA) is 12.0 Å². The molecule has 0 bridgehead atoms. The molecular weight excluding hydrogens is 254 g/mol. The fourth-order valence-corrected chi connectivity index (χ4v) is 3.63. The third-order valence-electron chi connectivity index (χ3n) is 4.82. The first-order valence-corrected chi connectivity index (χ1v) is 10.2. The zero-order valence-corrected chi connectivity index (χ0v) is 15.6. The molecule has 0 atom stereocenters. The van der Waals surface area contributed by atoms with Crippen LogP contribution < -0.4 is 5.32 Å². The van der Waals surface area contributed by atoms with Crippen LogP contribution in [0.5, 0.6) is 0 Å². The molecule has 2 aliphatic carbocycles. The molecule has 1 heteroatoms. The Hall–Kier alpha value is -0.0400. The molecule has 0 spiro atoms. The van der Waals surface area contributed by atoms with Gasteiger partial charge in [0.15, 0.2) is 0 Å². The van der Waals surface area contributed by atoms with Crippen LogP contribution in [0.15, 0.2) is 0 Å². The average molecular weight is 300 g/mol. The van der Waals surface area contributed by atoms with Crippen molar-refractivity contribution in [2.24, 2.45) is 11.8 Å². The molecule has 0 aromatic heterocycles. The van der Waals surface area contributed by atoms with Gasteiger partial charge in [0.05, 0.1) is 0 Å². The molecule has 1 N–H and O–H groups in total. The number of rotatable bonds is 4. The van der Waals surface area contributed by atoms with E-state index in [1.165, 1.54) is 90.1 Å². The standard InChI is InChI=1S/C16H31N.2C2H6.H2/c1-2-6-10-15(9-5-1)13-17-14-16-11-7-3-4-8-12-16;2*1-2;/h15-17H,1-14H2;2*1-2H3;1H. The smallest absolute Gasteiger partial charge is 0 e. The average Bonchev–Trinajstić information content (AvgIpc) is 2.96. The monoisotopic (exact) mass is 299 g/mol. The predicted octanol–water partition coefficient (Wildman–Crippen LogP) is 6.82. The highest BCUT2D eigenvalue weighted by molar-refractivity contribution is 4.70. The van der Waals surface area contributed by atoms with Crippen molar-refractivity contribution in [3.8, 4) is 0 Å². The summed E-state index contributed by atoms with van der Waals surface area (Å²) in [5.74, 6) is 1.98. The first kappa shape index (κ1) is 21.0. The van der Waals surface area contributed by atoms with Crippen molar-refractivity contribution in [1.82, 2.24) is 5.32 Å². The molecule has 0 aromatic carbocycles. The van der Waals surface area contributed by atoms with Gasteiger partial charge in [0, 0.05) is 1.43 Å². The van der Waals surface area contributed by atoms with Crippen LogP contribution in [0.2, 0.25) is 0 Å². The van der Waals surface area contributed by atoms with E-state index in [4.69, 9.17) is 0 Å². The minimum Gasteiger partial charge on any atom is -0.316 e. The summed E-state index contributed by atoms with van der Waals surface area (Å²) in [6.07, 6.45) is 17.8. The van der Waals surface area contributed by atoms with Gasteiger partial charge in [-0.3, -0.25) is 0 Å². The Kier molecular flexibility index (Phi) is 16.3. The fourth-order valence-electron chi connectivity index (χ4n) is 3.63. The van der Waals surface area contributed by atoms with Crippen LogP contribution in [0.3, 0.4) is 0 Å². The van der Waals surface area contributed by atoms with Crippen LogP contribution >= 0.6 is 0 Å². The van der Waals surface area contributed by atoms with Crippen LogP contribution in [-0.4, -0.2) is 13.1 Å². The van der Waals surface area contributed by atoms with Crippen molar-refractivity contribution in [2.75, 3.05) is 13.1 Å². The zero-order valence-electron chi connectivity index (χ0n) is 15.6. The molecule has 0 saturated heterocycles. The van der Waals surface area contributed by atoms with E-state index in [1.54, 1.807) is 0 Å². The summed E-state index contributed by atoms with van der Waals surface area (Å²) < 4.78 is 0. The van der Waals surface area contributed by atoms with Gasteiger partial charge in [0.25, 0.3) is 0 Å². The molecule has 0 amide bonds. The van der Waals surface area contributed by atoms with E-state index in [1.807, 2.05) is 27.7 Å². The molecule has 2 rings (SSSR count). The van der Waals surface area contributed by atoms with Crippen LogP contribution in [-0.2, 0) is 0 Å². The van der Waals surface area contributed by atoms with Crippen LogP contribution in [0.1, 0.15) is 106 Å². The number of hydrogen-bond acceptors (Lipinski definition) is 1. The Balaban J connectivity index is 0. The maximum absolute atomic E-state index is 3.78. The van der Waals surface area contributed by atoms with Crippen LogP contribution in [0.25, 0.3) is 0 Å². The third kappa shape index (κ3) is 11.2. The van der Waals surface area contributed by atoms with Gasteiger partial charge in [-0.1, -0.05) is 79.1 Å². The van der Waals surface area contributed by atoms with Crippen molar-refractivity contribution in [3.63, 3.8) is 0 Å². The molecule has 2 aliphatic rings. The lowest BCUT2D eigenvalue weighted by Crippen LogP contribution is -2.28. The Morgan fingerprint density at radius 2 is 0.857 bits per heavy atom. The Morgan fingerprint density at radius 3 is 1.14 bits per heavy atom. The lowest BCUT2D eigenvalue weighted by atomic mass is 9.98. The van der Waals surface area contributed by atoms with Crippen molar-refractivity contribution >= 4 is 0 Å². The van der Waals surface area contributed by atoms with Crippen molar-refractivity contribution < 1.29 is 1.43 Å². The normalized spacial score (nSPS) is 21.1. The van der Waals surface area contributed by atoms with Gasteiger partial charge in [0.2, 0.25) is 0 Å². The van der Waals surface area contributed by atoms with Crippen molar-refractivity contribution in [1.29, 1.82) is 0 Å². The summed E-state index contributed by atoms with van der Waals surface area (Å²) in [4.78, 5) is 0. The molecule has 0 aliphatic heterocycles. The highest BCUT2D eigenvalue weighted by atomic mass is 14.9. The highest BCUT2D eigenvalue weighted by Gasteiger charge is 2.14. The quantitative estimate of drug-likeness (QED) is 0.562. The number of hydrogen-bond donors (Lipinski definition) is 1. The molecule has 0 unspecified atom stereocenters. The second-order valence-electron chi connectivity index (χ2n) is 6.37. The van der Waals surface area contributed by atoms with Gasteiger partial charge >= 0.3 is 0 Å². The van der Waals surface area contributed by atoms with Gasteiger partial charge in [-0.15, -0.1) is 0 Å². The summed E-state index contributed by atoms with van der Waals surface area (Å²) in [7, 11) is 0. The summed E-state index contributed by atoms with van der Waals surface area (Å²) in [5.41, 5.74) is 0. The van der Waals surface area contributed by atoms with E-state index < -0.39 is 0 Å². The second kappa shape index (κ2) is 16.3. The molecule has 2 saturated carbocycles. The first-order chi connectivity index (χ1) is 10.4. The predicted molar refractivity (Wildman–Crippen MR) is 100 cm³/mol. The van der Waals surface area contributed by atoms with Crippen molar-refractivity contribution in [3.05, 3.63) is 0 Å². The fraction of sp³-hybridized carbons (Fsp3) is 1.00. The maximum atomic E-state index is 3.78. The summed E-state index contributed by atoms with van der Waals surface area (Å²) in [5, 5.41) is 3.78. The Morgan fingerprint density at radius 1 is 0.571 bits per heavy atom. The molecule has 1 nitrogen and oxygen atoms in total. The molecular formula is C20H45N. The van der Waals surface area contributed by atoms with Gasteiger partial charge in [-0.05, 0) is 50.6 Å². The third-order valence-corrected chi connectivity index (χ3v) is 4.82. The molecule has 130 valence electrons. The van der Waals surface area contributed by atoms with Gasteiger partial charge < -0.3 is 5.32 Å². The van der Waals surface area contributed by atoms with Crippen LogP contribution in [0, 0.1) is 11.8 Å². The summed E-state index contributed by atoms with van der Waals surface area (Å²) >= 11 is 0. The second-order valence-corrected chi connectivity index (χ2v) is 6.37. The molecule has 0 aromatic rings. The summed E-state index contributed by atoms with van der Waals surface area (Å²) in [6.45, 7) is 10.6. The van der Waals surface area contributed by atoms with E-state index in [9.17, 15) is 0 Å². The molecule has 2 fully saturated rings. The molecule has 21 heavy (non-hydrogen) atoms. The maximum Gasteiger partial charge on any atom is 0 e. The SMILES string of the molecule is C1CCCC(CNCC2CCCCCC2)CC1.CC.CC.[HH]. The van der Waals surface area contributed by atoms with E-state index in [2.05, 4.69) is 5.32 Å². The van der Waals surface area contributed by atoms with Gasteiger partial charge in [0.1, 0.15) is 0 Å². The van der Waals surface area contributed by atoms with E-state index >= 15 is 0 Å². The first-order valence-electron chi connectivity index (χ1n) is 10.2. The molecule has 0 heterocycles. The minimum atomic E-state index is 0. The van der Waals surface area contributed by atoms with E-state index in [-0.39, 0.29) is 1.43 Å². The Labute approximate surface area is 137 Å². The minimum absolute atomic E-state index is 0. The zero-order chi connectivity index (χ0) is 15.8. The largest absolute Gasteiger partial charge is 0.316 e. The molecule has 0 radical (unpaired) electrons. The lowest BCUT2D eigenvalue weighted by molar-refractivity contribution is 0.375. The van der Waals surface area contributed by atoms with Crippen molar-refractivity contribution in [2.45, 2.75) is 105 Å². The van der Waals surface area contributed by atoms with Gasteiger partial charge in [-0.2, -0.15) is 0 Å². The van der Waals surface area contributed by atoms with E-state index in [0.29, 0.717) is 0 Å².